The van der Waals surface area contributed by atoms with Crippen LogP contribution in [0.4, 0.5) is 5.69 Å². The van der Waals surface area contributed by atoms with Gasteiger partial charge in [0.15, 0.2) is 5.65 Å². The van der Waals surface area contributed by atoms with Crippen molar-refractivity contribution in [2.45, 2.75) is 20.3 Å². The molecule has 1 amide bonds. The number of carbonyl (C=O) groups is 1. The van der Waals surface area contributed by atoms with Crippen molar-refractivity contribution in [2.24, 2.45) is 7.05 Å². The third-order valence-corrected chi connectivity index (χ3v) is 4.15. The molecule has 1 N–H and O–H groups in total. The minimum Gasteiger partial charge on any atom is -0.295 e. The van der Waals surface area contributed by atoms with E-state index < -0.39 is 0 Å². The van der Waals surface area contributed by atoms with Crippen LogP contribution in [0.25, 0.3) is 16.6 Å². The zero-order valence-electron chi connectivity index (χ0n) is 14.4. The van der Waals surface area contributed by atoms with Gasteiger partial charge in [0.25, 0.3) is 0 Å². The first kappa shape index (κ1) is 16.0. The molecule has 6 heteroatoms. The molecule has 0 atom stereocenters. The maximum Gasteiger partial charge on any atom is 0.237 e. The van der Waals surface area contributed by atoms with Gasteiger partial charge in [-0.1, -0.05) is 30.4 Å². The van der Waals surface area contributed by atoms with E-state index in [0.29, 0.717) is 0 Å². The molecule has 1 aliphatic carbocycles. The van der Waals surface area contributed by atoms with Crippen molar-refractivity contribution in [2.75, 3.05) is 12.5 Å². The number of fused-ring (bicyclic) bond motifs is 1. The van der Waals surface area contributed by atoms with E-state index >= 15 is 0 Å². The number of rotatable bonds is 3. The maximum atomic E-state index is 11.6. The van der Waals surface area contributed by atoms with Crippen LogP contribution >= 0.6 is 0 Å². The predicted molar refractivity (Wildman–Crippen MR) is 96.2 cm³/mol. The summed E-state index contributed by atoms with van der Waals surface area (Å²) < 4.78 is 1.75. The van der Waals surface area contributed by atoms with E-state index in [2.05, 4.69) is 28.8 Å². The van der Waals surface area contributed by atoms with Gasteiger partial charge in [0, 0.05) is 26.6 Å². The smallest absolute Gasteiger partial charge is 0.237 e. The average molecular weight is 323 g/mol. The minimum absolute atomic E-state index is 0.0671. The number of hydrogen-bond donors (Lipinski definition) is 1. The van der Waals surface area contributed by atoms with Gasteiger partial charge in [-0.25, -0.2) is 4.98 Å². The van der Waals surface area contributed by atoms with Crippen LogP contribution in [0.5, 0.6) is 0 Å². The molecule has 0 aliphatic heterocycles. The van der Waals surface area contributed by atoms with Crippen LogP contribution in [0.3, 0.4) is 0 Å². The van der Waals surface area contributed by atoms with Crippen LogP contribution in [0.15, 0.2) is 36.6 Å². The molecule has 0 radical (unpaired) electrons. The van der Waals surface area contributed by atoms with Gasteiger partial charge >= 0.3 is 0 Å². The first-order chi connectivity index (χ1) is 11.5. The number of aryl methyl sites for hydroxylation is 1. The zero-order valence-corrected chi connectivity index (χ0v) is 14.4. The molecular weight excluding hydrogens is 302 g/mol. The highest BCUT2D eigenvalue weighted by Gasteiger charge is 2.18. The molecule has 124 valence electrons. The van der Waals surface area contributed by atoms with Gasteiger partial charge in [-0.3, -0.25) is 19.9 Å². The number of nitrogens with zero attached hydrogens (tertiary/aromatic N) is 4. The molecule has 1 aliphatic rings. The Kier molecular flexibility index (Phi) is 4.20. The summed E-state index contributed by atoms with van der Waals surface area (Å²) in [4.78, 5) is 16.5. The number of hydrazine groups is 1. The molecular formula is C18H21N5O. The Morgan fingerprint density at radius 1 is 1.38 bits per heavy atom. The summed E-state index contributed by atoms with van der Waals surface area (Å²) in [5, 5.41) is 6.68. The lowest BCUT2D eigenvalue weighted by atomic mass is 10.0. The molecule has 0 bridgehead atoms. The van der Waals surface area contributed by atoms with Crippen molar-refractivity contribution in [3.05, 3.63) is 47.8 Å². The van der Waals surface area contributed by atoms with Crippen molar-refractivity contribution >= 4 is 28.2 Å². The first-order valence-corrected chi connectivity index (χ1v) is 7.86. The molecule has 0 saturated carbocycles. The number of hydrogen-bond acceptors (Lipinski definition) is 4. The highest BCUT2D eigenvalue weighted by molar-refractivity contribution is 5.95. The number of anilines is 1. The average Bonchev–Trinajstić information content (AvgIpc) is 2.77. The largest absolute Gasteiger partial charge is 0.295 e. The summed E-state index contributed by atoms with van der Waals surface area (Å²) in [5.41, 5.74) is 7.76. The van der Waals surface area contributed by atoms with E-state index in [0.717, 1.165) is 40.0 Å². The summed E-state index contributed by atoms with van der Waals surface area (Å²) in [7, 11) is 3.57. The molecule has 2 aromatic heterocycles. The lowest BCUT2D eigenvalue weighted by Crippen LogP contribution is -2.30. The molecule has 3 rings (SSSR count). The van der Waals surface area contributed by atoms with Gasteiger partial charge in [-0.05, 0) is 18.9 Å². The molecule has 2 aromatic rings. The van der Waals surface area contributed by atoms with Gasteiger partial charge in [0.1, 0.15) is 0 Å². The molecule has 6 nitrogen and oxygen atoms in total. The van der Waals surface area contributed by atoms with E-state index in [-0.39, 0.29) is 5.91 Å². The SMILES string of the molecule is CC(=O)N(C)Nc1c(C)c(C2=CCC=CC=C2)nc2c1cnn2C. The molecule has 0 unspecified atom stereocenters. The normalized spacial score (nSPS) is 13.8. The van der Waals surface area contributed by atoms with E-state index in [1.807, 2.05) is 26.1 Å². The maximum absolute atomic E-state index is 11.6. The summed E-state index contributed by atoms with van der Waals surface area (Å²) >= 11 is 0. The molecule has 0 spiro atoms. The second-order valence-corrected chi connectivity index (χ2v) is 5.84. The van der Waals surface area contributed by atoms with Gasteiger partial charge in [0.2, 0.25) is 5.91 Å². The summed E-state index contributed by atoms with van der Waals surface area (Å²) in [6.07, 6.45) is 13.0. The predicted octanol–water partition coefficient (Wildman–Crippen LogP) is 2.98. The van der Waals surface area contributed by atoms with Crippen LogP contribution in [-0.4, -0.2) is 32.7 Å². The second-order valence-electron chi connectivity index (χ2n) is 5.84. The zero-order chi connectivity index (χ0) is 17.3. The van der Waals surface area contributed by atoms with Gasteiger partial charge in [0.05, 0.1) is 23.0 Å². The Bertz CT molecular complexity index is 888. The molecule has 0 fully saturated rings. The molecule has 0 aromatic carbocycles. The van der Waals surface area contributed by atoms with E-state index in [9.17, 15) is 4.79 Å². The Morgan fingerprint density at radius 3 is 2.92 bits per heavy atom. The number of allylic oxidation sites excluding steroid dienone is 6. The fourth-order valence-corrected chi connectivity index (χ4v) is 2.68. The van der Waals surface area contributed by atoms with Crippen molar-refractivity contribution < 1.29 is 4.79 Å². The topological polar surface area (TPSA) is 63.1 Å². The van der Waals surface area contributed by atoms with Gasteiger partial charge < -0.3 is 0 Å². The Morgan fingerprint density at radius 2 is 2.17 bits per heavy atom. The van der Waals surface area contributed by atoms with Crippen LogP contribution in [0, 0.1) is 6.92 Å². The van der Waals surface area contributed by atoms with Crippen LogP contribution in [0.2, 0.25) is 0 Å². The van der Waals surface area contributed by atoms with E-state index in [1.165, 1.54) is 11.9 Å². The Labute approximate surface area is 141 Å². The highest BCUT2D eigenvalue weighted by atomic mass is 16.2. The van der Waals surface area contributed by atoms with Crippen molar-refractivity contribution in [3.8, 4) is 0 Å². The fraction of sp³-hybridized carbons (Fsp3) is 0.278. The summed E-state index contributed by atoms with van der Waals surface area (Å²) in [6, 6.07) is 0. The van der Waals surface area contributed by atoms with Crippen LogP contribution < -0.4 is 5.43 Å². The van der Waals surface area contributed by atoms with E-state index in [1.54, 1.807) is 17.9 Å². The first-order valence-electron chi connectivity index (χ1n) is 7.86. The quantitative estimate of drug-likeness (QED) is 0.882. The van der Waals surface area contributed by atoms with Crippen molar-refractivity contribution in [1.29, 1.82) is 0 Å². The van der Waals surface area contributed by atoms with Crippen molar-refractivity contribution in [1.82, 2.24) is 19.8 Å². The third kappa shape index (κ3) is 2.82. The van der Waals surface area contributed by atoms with E-state index in [4.69, 9.17) is 4.98 Å². The lowest BCUT2D eigenvalue weighted by Gasteiger charge is -2.21. The number of pyridine rings is 1. The lowest BCUT2D eigenvalue weighted by molar-refractivity contribution is -0.126. The third-order valence-electron chi connectivity index (χ3n) is 4.15. The monoisotopic (exact) mass is 323 g/mol. The summed E-state index contributed by atoms with van der Waals surface area (Å²) in [5.74, 6) is -0.0671. The van der Waals surface area contributed by atoms with Gasteiger partial charge in [-0.2, -0.15) is 5.10 Å². The van der Waals surface area contributed by atoms with Crippen LogP contribution in [-0.2, 0) is 11.8 Å². The van der Waals surface area contributed by atoms with Crippen LogP contribution in [0.1, 0.15) is 24.6 Å². The number of carbonyl (C=O) groups excluding carboxylic acids is 1. The van der Waals surface area contributed by atoms with Gasteiger partial charge in [-0.15, -0.1) is 0 Å². The number of amides is 1. The molecule has 2 heterocycles. The second kappa shape index (κ2) is 6.31. The Balaban J connectivity index is 2.20. The number of aromatic nitrogens is 3. The minimum atomic E-state index is -0.0671. The van der Waals surface area contributed by atoms with Crippen molar-refractivity contribution in [3.63, 3.8) is 0 Å². The fourth-order valence-electron chi connectivity index (χ4n) is 2.68. The molecule has 0 saturated heterocycles. The Hall–Kier alpha value is -2.89. The molecule has 24 heavy (non-hydrogen) atoms. The summed E-state index contributed by atoms with van der Waals surface area (Å²) in [6.45, 7) is 3.53. The number of nitrogens with one attached hydrogen (secondary N) is 1. The standard InChI is InChI=1S/C18H21N5O/c1-12-16(14-9-7-5-6-8-10-14)20-18-15(11-19-23(18)4)17(12)21-22(3)13(2)24/h5-7,9-11H,8H2,1-4H3,(H,20,21). The highest BCUT2D eigenvalue weighted by Crippen LogP contribution is 2.32.